The van der Waals surface area contributed by atoms with Crippen LogP contribution in [0, 0.1) is 5.82 Å². The molecule has 1 rings (SSSR count). The standard InChI is InChI=1S/C14H23FN2/c1-4-10-17(3)11-14(16-5-2)12-8-6-7-9-13(12)15/h6-9,14,16H,4-5,10-11H2,1-3H3. The van der Waals surface area contributed by atoms with Crippen LogP contribution in [0.15, 0.2) is 24.3 Å². The van der Waals surface area contributed by atoms with Crippen molar-refractivity contribution in [3.8, 4) is 0 Å². The first kappa shape index (κ1) is 14.1. The largest absolute Gasteiger partial charge is 0.309 e. The highest BCUT2D eigenvalue weighted by atomic mass is 19.1. The first-order valence-electron chi connectivity index (χ1n) is 6.35. The third-order valence-electron chi connectivity index (χ3n) is 2.83. The molecule has 0 aliphatic heterocycles. The molecule has 0 spiro atoms. The van der Waals surface area contributed by atoms with E-state index < -0.39 is 0 Å². The summed E-state index contributed by atoms with van der Waals surface area (Å²) < 4.78 is 13.7. The van der Waals surface area contributed by atoms with Gasteiger partial charge in [-0.15, -0.1) is 0 Å². The van der Waals surface area contributed by atoms with Gasteiger partial charge in [0.25, 0.3) is 0 Å². The van der Waals surface area contributed by atoms with Crippen molar-refractivity contribution in [3.05, 3.63) is 35.6 Å². The highest BCUT2D eigenvalue weighted by molar-refractivity contribution is 5.21. The van der Waals surface area contributed by atoms with E-state index in [1.807, 2.05) is 19.1 Å². The Morgan fingerprint density at radius 1 is 1.29 bits per heavy atom. The lowest BCUT2D eigenvalue weighted by Crippen LogP contribution is -2.34. The van der Waals surface area contributed by atoms with Crippen LogP contribution < -0.4 is 5.32 Å². The molecular weight excluding hydrogens is 215 g/mol. The number of hydrogen-bond donors (Lipinski definition) is 1. The summed E-state index contributed by atoms with van der Waals surface area (Å²) in [4.78, 5) is 2.24. The molecule has 0 radical (unpaired) electrons. The van der Waals surface area contributed by atoms with Crippen LogP contribution in [0.5, 0.6) is 0 Å². The Morgan fingerprint density at radius 3 is 2.59 bits per heavy atom. The smallest absolute Gasteiger partial charge is 0.128 e. The van der Waals surface area contributed by atoms with E-state index in [9.17, 15) is 4.39 Å². The Kier molecular flexibility index (Phi) is 6.16. The van der Waals surface area contributed by atoms with Gasteiger partial charge in [0.1, 0.15) is 5.82 Å². The lowest BCUT2D eigenvalue weighted by molar-refractivity contribution is 0.289. The van der Waals surface area contributed by atoms with Crippen molar-refractivity contribution < 1.29 is 4.39 Å². The SMILES string of the molecule is CCCN(C)CC(NCC)c1ccccc1F. The Morgan fingerprint density at radius 2 is 2.00 bits per heavy atom. The molecular formula is C14H23FN2. The molecule has 0 fully saturated rings. The fourth-order valence-corrected chi connectivity index (χ4v) is 2.06. The molecule has 1 aromatic rings. The summed E-state index contributed by atoms with van der Waals surface area (Å²) in [6.07, 6.45) is 1.12. The number of rotatable bonds is 7. The van der Waals surface area contributed by atoms with Gasteiger partial charge in [0.15, 0.2) is 0 Å². The number of likely N-dealkylation sites (N-methyl/N-ethyl adjacent to an activating group) is 2. The van der Waals surface area contributed by atoms with E-state index in [0.29, 0.717) is 0 Å². The first-order chi connectivity index (χ1) is 8.19. The van der Waals surface area contributed by atoms with Gasteiger partial charge >= 0.3 is 0 Å². The summed E-state index contributed by atoms with van der Waals surface area (Å²) in [6.45, 7) is 6.92. The third kappa shape index (κ3) is 4.44. The summed E-state index contributed by atoms with van der Waals surface area (Å²) in [5.74, 6) is -0.122. The lowest BCUT2D eigenvalue weighted by Gasteiger charge is -2.25. The predicted molar refractivity (Wildman–Crippen MR) is 70.6 cm³/mol. The van der Waals surface area contributed by atoms with E-state index in [1.165, 1.54) is 6.07 Å². The van der Waals surface area contributed by atoms with Crippen LogP contribution in [-0.4, -0.2) is 31.6 Å². The molecule has 1 unspecified atom stereocenters. The summed E-state index contributed by atoms with van der Waals surface area (Å²) in [7, 11) is 2.08. The molecule has 1 atom stereocenters. The summed E-state index contributed by atoms with van der Waals surface area (Å²) >= 11 is 0. The minimum absolute atomic E-state index is 0.0674. The van der Waals surface area contributed by atoms with Crippen molar-refractivity contribution in [1.29, 1.82) is 0 Å². The van der Waals surface area contributed by atoms with Gasteiger partial charge in [-0.2, -0.15) is 0 Å². The molecule has 0 aliphatic carbocycles. The highest BCUT2D eigenvalue weighted by Crippen LogP contribution is 2.17. The van der Waals surface area contributed by atoms with E-state index in [2.05, 4.69) is 24.2 Å². The second-order valence-electron chi connectivity index (χ2n) is 4.39. The molecule has 0 saturated heterocycles. The van der Waals surface area contributed by atoms with Gasteiger partial charge in [-0.3, -0.25) is 0 Å². The Hall–Kier alpha value is -0.930. The van der Waals surface area contributed by atoms with Crippen molar-refractivity contribution in [3.63, 3.8) is 0 Å². The monoisotopic (exact) mass is 238 g/mol. The third-order valence-corrected chi connectivity index (χ3v) is 2.83. The van der Waals surface area contributed by atoms with Gasteiger partial charge in [-0.05, 0) is 32.6 Å². The summed E-state index contributed by atoms with van der Waals surface area (Å²) in [5.41, 5.74) is 0.761. The van der Waals surface area contributed by atoms with E-state index in [0.717, 1.165) is 31.6 Å². The minimum Gasteiger partial charge on any atom is -0.309 e. The second-order valence-corrected chi connectivity index (χ2v) is 4.39. The fourth-order valence-electron chi connectivity index (χ4n) is 2.06. The number of halogens is 1. The van der Waals surface area contributed by atoms with Crippen molar-refractivity contribution in [2.75, 3.05) is 26.7 Å². The van der Waals surface area contributed by atoms with Gasteiger partial charge in [0.05, 0.1) is 0 Å². The van der Waals surface area contributed by atoms with Crippen molar-refractivity contribution in [2.45, 2.75) is 26.3 Å². The van der Waals surface area contributed by atoms with Gasteiger partial charge in [-0.25, -0.2) is 4.39 Å². The normalized spacial score (nSPS) is 13.0. The maximum Gasteiger partial charge on any atom is 0.128 e. The predicted octanol–water partition coefficient (Wildman–Crippen LogP) is 2.82. The molecule has 0 aromatic heterocycles. The van der Waals surface area contributed by atoms with E-state index in [4.69, 9.17) is 0 Å². The molecule has 3 heteroatoms. The van der Waals surface area contributed by atoms with E-state index >= 15 is 0 Å². The Bertz CT molecular complexity index is 328. The zero-order valence-corrected chi connectivity index (χ0v) is 11.0. The van der Waals surface area contributed by atoms with Gasteiger partial charge in [0.2, 0.25) is 0 Å². The molecule has 0 aliphatic rings. The number of hydrogen-bond acceptors (Lipinski definition) is 2. The Labute approximate surface area is 104 Å². The molecule has 1 N–H and O–H groups in total. The van der Waals surface area contributed by atoms with E-state index in [1.54, 1.807) is 6.07 Å². The molecule has 96 valence electrons. The van der Waals surface area contributed by atoms with Crippen molar-refractivity contribution >= 4 is 0 Å². The maximum absolute atomic E-state index is 13.7. The van der Waals surface area contributed by atoms with Gasteiger partial charge < -0.3 is 10.2 Å². The quantitative estimate of drug-likeness (QED) is 0.786. The van der Waals surface area contributed by atoms with Gasteiger partial charge in [-0.1, -0.05) is 32.0 Å². The summed E-state index contributed by atoms with van der Waals surface area (Å²) in [6, 6.07) is 7.08. The average molecular weight is 238 g/mol. The topological polar surface area (TPSA) is 15.3 Å². The van der Waals surface area contributed by atoms with Crippen LogP contribution >= 0.6 is 0 Å². The molecule has 0 heterocycles. The number of benzene rings is 1. The van der Waals surface area contributed by atoms with Crippen LogP contribution in [-0.2, 0) is 0 Å². The van der Waals surface area contributed by atoms with Gasteiger partial charge in [0, 0.05) is 18.2 Å². The molecule has 0 bridgehead atoms. The molecule has 2 nitrogen and oxygen atoms in total. The molecule has 1 aromatic carbocycles. The lowest BCUT2D eigenvalue weighted by atomic mass is 10.1. The van der Waals surface area contributed by atoms with Crippen molar-refractivity contribution in [1.82, 2.24) is 10.2 Å². The zero-order valence-electron chi connectivity index (χ0n) is 11.0. The molecule has 17 heavy (non-hydrogen) atoms. The average Bonchev–Trinajstić information content (AvgIpc) is 2.29. The number of nitrogens with zero attached hydrogens (tertiary/aromatic N) is 1. The summed E-state index contributed by atoms with van der Waals surface area (Å²) in [5, 5.41) is 3.35. The number of nitrogens with one attached hydrogen (secondary N) is 1. The second kappa shape index (κ2) is 7.41. The first-order valence-corrected chi connectivity index (χ1v) is 6.35. The van der Waals surface area contributed by atoms with Crippen LogP contribution in [0.25, 0.3) is 0 Å². The molecule has 0 amide bonds. The minimum atomic E-state index is -0.122. The van der Waals surface area contributed by atoms with Crippen LogP contribution in [0.4, 0.5) is 4.39 Å². The fraction of sp³-hybridized carbons (Fsp3) is 0.571. The molecule has 0 saturated carbocycles. The Balaban J connectivity index is 2.75. The highest BCUT2D eigenvalue weighted by Gasteiger charge is 2.15. The van der Waals surface area contributed by atoms with Crippen LogP contribution in [0.3, 0.4) is 0 Å². The van der Waals surface area contributed by atoms with E-state index in [-0.39, 0.29) is 11.9 Å². The van der Waals surface area contributed by atoms with Crippen LogP contribution in [0.1, 0.15) is 31.9 Å². The maximum atomic E-state index is 13.7. The zero-order chi connectivity index (χ0) is 12.7. The van der Waals surface area contributed by atoms with Crippen molar-refractivity contribution in [2.24, 2.45) is 0 Å². The van der Waals surface area contributed by atoms with Crippen LogP contribution in [0.2, 0.25) is 0 Å².